The Morgan fingerprint density at radius 3 is 2.35 bits per heavy atom. The summed E-state index contributed by atoms with van der Waals surface area (Å²) in [5, 5.41) is 0. The lowest BCUT2D eigenvalue weighted by molar-refractivity contribution is 0.289. The monoisotopic (exact) mass is 336 g/mol. The minimum atomic E-state index is -3.53. The van der Waals surface area contributed by atoms with Crippen molar-refractivity contribution in [1.82, 2.24) is 9.97 Å². The van der Waals surface area contributed by atoms with E-state index in [9.17, 15) is 12.8 Å². The van der Waals surface area contributed by atoms with Gasteiger partial charge in [-0.1, -0.05) is 31.4 Å². The molecule has 2 aromatic rings. The second-order valence-electron chi connectivity index (χ2n) is 6.29. The van der Waals surface area contributed by atoms with Gasteiger partial charge in [-0.2, -0.15) is 0 Å². The Hall–Kier alpha value is -1.69. The first-order valence-corrected chi connectivity index (χ1v) is 9.81. The van der Waals surface area contributed by atoms with Crippen LogP contribution >= 0.6 is 0 Å². The van der Waals surface area contributed by atoms with Gasteiger partial charge in [0.1, 0.15) is 11.6 Å². The predicted molar refractivity (Wildman–Crippen MR) is 87.2 cm³/mol. The van der Waals surface area contributed by atoms with E-state index in [0.717, 1.165) is 32.1 Å². The van der Waals surface area contributed by atoms with Gasteiger partial charge in [0.15, 0.2) is 14.6 Å². The number of halogens is 1. The van der Waals surface area contributed by atoms with E-state index in [1.165, 1.54) is 18.4 Å². The van der Waals surface area contributed by atoms with Gasteiger partial charge in [-0.05, 0) is 36.5 Å². The quantitative estimate of drug-likeness (QED) is 0.930. The van der Waals surface area contributed by atoms with Crippen molar-refractivity contribution < 1.29 is 12.8 Å². The van der Waals surface area contributed by atoms with Crippen LogP contribution in [0.5, 0.6) is 0 Å². The highest BCUT2D eigenvalue weighted by molar-refractivity contribution is 7.91. The van der Waals surface area contributed by atoms with Gasteiger partial charge in [-0.15, -0.1) is 0 Å². The molecule has 4 nitrogen and oxygen atoms in total. The van der Waals surface area contributed by atoms with Crippen LogP contribution < -0.4 is 0 Å². The summed E-state index contributed by atoms with van der Waals surface area (Å²) in [5.74, 6) is -0.0133. The van der Waals surface area contributed by atoms with Crippen LogP contribution in [0.4, 0.5) is 4.39 Å². The molecule has 1 fully saturated rings. The van der Waals surface area contributed by atoms with Gasteiger partial charge in [-0.3, -0.25) is 0 Å². The maximum absolute atomic E-state index is 13.4. The Balaban J connectivity index is 2.27. The van der Waals surface area contributed by atoms with E-state index in [4.69, 9.17) is 0 Å². The van der Waals surface area contributed by atoms with E-state index < -0.39 is 14.6 Å². The Morgan fingerprint density at radius 1 is 1.17 bits per heavy atom. The van der Waals surface area contributed by atoms with Crippen LogP contribution in [0.2, 0.25) is 0 Å². The SMILES string of the molecule is CS(=O)(=O)C(c1ccc(F)cc1)(c1ncc[nH]1)C1CCCCC1. The molecule has 1 aromatic heterocycles. The summed E-state index contributed by atoms with van der Waals surface area (Å²) < 4.78 is 38.1. The molecule has 0 aliphatic heterocycles. The van der Waals surface area contributed by atoms with E-state index in [1.54, 1.807) is 24.5 Å². The molecule has 0 saturated heterocycles. The summed E-state index contributed by atoms with van der Waals surface area (Å²) in [7, 11) is -3.53. The van der Waals surface area contributed by atoms with Crippen molar-refractivity contribution in [1.29, 1.82) is 0 Å². The van der Waals surface area contributed by atoms with Crippen molar-refractivity contribution in [3.05, 3.63) is 53.9 Å². The Kier molecular flexibility index (Phi) is 4.27. The number of H-pyrrole nitrogens is 1. The Labute approximate surface area is 136 Å². The van der Waals surface area contributed by atoms with Crippen molar-refractivity contribution in [3.63, 3.8) is 0 Å². The number of sulfone groups is 1. The second-order valence-corrected chi connectivity index (χ2v) is 8.48. The first-order valence-electron chi connectivity index (χ1n) is 7.92. The van der Waals surface area contributed by atoms with Gasteiger partial charge in [-0.25, -0.2) is 17.8 Å². The zero-order chi connectivity index (χ0) is 16.5. The number of hydrogen-bond donors (Lipinski definition) is 1. The number of benzene rings is 1. The predicted octanol–water partition coefficient (Wildman–Crippen LogP) is 3.42. The van der Waals surface area contributed by atoms with Crippen molar-refractivity contribution in [2.75, 3.05) is 6.26 Å². The smallest absolute Gasteiger partial charge is 0.164 e. The molecule has 23 heavy (non-hydrogen) atoms. The standard InChI is InChI=1S/C17H21FN2O2S/c1-23(21,22)17(16-19-11-12-20-16,13-5-3-2-4-6-13)14-7-9-15(18)10-8-14/h7-13H,2-6H2,1H3,(H,19,20). The summed E-state index contributed by atoms with van der Waals surface area (Å²) in [6.07, 6.45) is 9.25. The van der Waals surface area contributed by atoms with E-state index in [-0.39, 0.29) is 11.7 Å². The first-order chi connectivity index (χ1) is 11.0. The first kappa shape index (κ1) is 16.2. The zero-order valence-electron chi connectivity index (χ0n) is 13.1. The third-order valence-electron chi connectivity index (χ3n) is 4.89. The third-order valence-corrected chi connectivity index (χ3v) is 6.82. The average Bonchev–Trinajstić information content (AvgIpc) is 3.04. The molecule has 0 radical (unpaired) electrons. The van der Waals surface area contributed by atoms with Gasteiger partial charge in [0.2, 0.25) is 0 Å². The molecule has 1 N–H and O–H groups in total. The number of nitrogens with zero attached hydrogens (tertiary/aromatic N) is 1. The highest BCUT2D eigenvalue weighted by atomic mass is 32.2. The highest BCUT2D eigenvalue weighted by Gasteiger charge is 2.52. The fourth-order valence-electron chi connectivity index (χ4n) is 3.93. The van der Waals surface area contributed by atoms with Crippen LogP contribution in [0, 0.1) is 11.7 Å². The number of aromatic amines is 1. The molecule has 1 saturated carbocycles. The molecule has 1 aromatic carbocycles. The van der Waals surface area contributed by atoms with Crippen molar-refractivity contribution in [2.24, 2.45) is 5.92 Å². The molecule has 1 aliphatic rings. The molecule has 0 amide bonds. The number of aromatic nitrogens is 2. The van der Waals surface area contributed by atoms with E-state index in [2.05, 4.69) is 9.97 Å². The van der Waals surface area contributed by atoms with Crippen LogP contribution in [0.25, 0.3) is 0 Å². The van der Waals surface area contributed by atoms with Gasteiger partial charge >= 0.3 is 0 Å². The Bertz CT molecular complexity index is 750. The molecular weight excluding hydrogens is 315 g/mol. The van der Waals surface area contributed by atoms with Crippen LogP contribution in [0.1, 0.15) is 43.5 Å². The van der Waals surface area contributed by atoms with Crippen molar-refractivity contribution >= 4 is 9.84 Å². The molecule has 1 atom stereocenters. The lowest BCUT2D eigenvalue weighted by Gasteiger charge is -2.40. The molecule has 124 valence electrons. The summed E-state index contributed by atoms with van der Waals surface area (Å²) in [5.41, 5.74) is 0.586. The van der Waals surface area contributed by atoms with Gasteiger partial charge in [0, 0.05) is 18.6 Å². The fourth-order valence-corrected chi connectivity index (χ4v) is 5.80. The van der Waals surface area contributed by atoms with E-state index in [0.29, 0.717) is 11.4 Å². The summed E-state index contributed by atoms with van der Waals surface area (Å²) in [6.45, 7) is 0. The second kappa shape index (κ2) is 6.07. The maximum Gasteiger partial charge on any atom is 0.164 e. The highest BCUT2D eigenvalue weighted by Crippen LogP contribution is 2.48. The van der Waals surface area contributed by atoms with Crippen LogP contribution in [0.15, 0.2) is 36.7 Å². The molecule has 1 heterocycles. The Morgan fingerprint density at radius 2 is 1.83 bits per heavy atom. The summed E-state index contributed by atoms with van der Waals surface area (Å²) in [4.78, 5) is 7.31. The van der Waals surface area contributed by atoms with Gasteiger partial charge in [0.05, 0.1) is 0 Å². The molecule has 3 rings (SSSR count). The summed E-state index contributed by atoms with van der Waals surface area (Å²) in [6, 6.07) is 5.79. The van der Waals surface area contributed by atoms with Gasteiger partial charge in [0.25, 0.3) is 0 Å². The molecule has 1 unspecified atom stereocenters. The largest absolute Gasteiger partial charge is 0.347 e. The topological polar surface area (TPSA) is 62.8 Å². The number of rotatable bonds is 4. The van der Waals surface area contributed by atoms with E-state index >= 15 is 0 Å². The van der Waals surface area contributed by atoms with Gasteiger partial charge < -0.3 is 4.98 Å². The third kappa shape index (κ3) is 2.69. The minimum Gasteiger partial charge on any atom is -0.347 e. The average molecular weight is 336 g/mol. The lowest BCUT2D eigenvalue weighted by Crippen LogP contribution is -2.45. The maximum atomic E-state index is 13.4. The zero-order valence-corrected chi connectivity index (χ0v) is 13.9. The summed E-state index contributed by atoms with van der Waals surface area (Å²) >= 11 is 0. The molecule has 0 spiro atoms. The fraction of sp³-hybridized carbons (Fsp3) is 0.471. The van der Waals surface area contributed by atoms with Crippen LogP contribution in [0.3, 0.4) is 0 Å². The van der Waals surface area contributed by atoms with Crippen LogP contribution in [-0.2, 0) is 14.6 Å². The lowest BCUT2D eigenvalue weighted by atomic mass is 9.75. The van der Waals surface area contributed by atoms with Crippen molar-refractivity contribution in [3.8, 4) is 0 Å². The number of nitrogens with one attached hydrogen (secondary N) is 1. The molecule has 6 heteroatoms. The number of imidazole rings is 1. The van der Waals surface area contributed by atoms with E-state index in [1.807, 2.05) is 0 Å². The normalized spacial score (nSPS) is 19.4. The van der Waals surface area contributed by atoms with Crippen LogP contribution in [-0.4, -0.2) is 24.6 Å². The number of hydrogen-bond acceptors (Lipinski definition) is 3. The molecule has 0 bridgehead atoms. The minimum absolute atomic E-state index is 0.0668. The molecule has 1 aliphatic carbocycles. The van der Waals surface area contributed by atoms with Crippen molar-refractivity contribution in [2.45, 2.75) is 36.9 Å². The molecular formula is C17H21FN2O2S.